The number of hydrogen-bond acceptors (Lipinski definition) is 8. The number of rotatable bonds is 10. The molecule has 0 saturated heterocycles. The van der Waals surface area contributed by atoms with Gasteiger partial charge in [0.2, 0.25) is 5.91 Å². The molecule has 0 fully saturated rings. The molecule has 0 saturated carbocycles. The molecule has 1 amide bonds. The smallest absolute Gasteiger partial charge is 0.247 e. The average molecular weight is 619 g/mol. The van der Waals surface area contributed by atoms with Crippen molar-refractivity contribution in [2.45, 2.75) is 13.5 Å². The van der Waals surface area contributed by atoms with Crippen LogP contribution in [0, 0.1) is 6.92 Å². The Hall–Kier alpha value is -4.80. The number of aromatic nitrogens is 4. The summed E-state index contributed by atoms with van der Waals surface area (Å²) < 4.78 is 12.7. The number of para-hydroxylation sites is 1. The Balaban J connectivity index is 1.63. The normalized spacial score (nSPS) is 10.8. The van der Waals surface area contributed by atoms with Crippen molar-refractivity contribution in [3.8, 4) is 22.8 Å². The van der Waals surface area contributed by atoms with Gasteiger partial charge in [0.1, 0.15) is 23.1 Å². The van der Waals surface area contributed by atoms with Gasteiger partial charge in [-0.3, -0.25) is 9.48 Å². The minimum Gasteiger partial charge on any atom is -0.495 e. The summed E-state index contributed by atoms with van der Waals surface area (Å²) in [7, 11) is 4.90. The van der Waals surface area contributed by atoms with Gasteiger partial charge in [0.15, 0.2) is 0 Å². The number of anilines is 4. The lowest BCUT2D eigenvalue weighted by molar-refractivity contribution is -0.111. The van der Waals surface area contributed by atoms with Crippen LogP contribution in [-0.4, -0.2) is 39.9 Å². The maximum atomic E-state index is 12.1. The van der Waals surface area contributed by atoms with Crippen LogP contribution in [0.25, 0.3) is 22.0 Å². The number of methoxy groups -OCH3 is 2. The van der Waals surface area contributed by atoms with Crippen LogP contribution in [0.15, 0.2) is 67.6 Å². The second-order valence-corrected chi connectivity index (χ2v) is 10.4. The molecule has 2 aromatic carbocycles. The lowest BCUT2D eigenvalue weighted by Crippen LogP contribution is -2.10. The van der Waals surface area contributed by atoms with E-state index in [9.17, 15) is 4.79 Å². The van der Waals surface area contributed by atoms with Crippen LogP contribution in [-0.2, 0) is 18.4 Å². The number of amides is 1. The topological polar surface area (TPSA) is 115 Å². The fraction of sp³-hybridized carbons (Fsp3) is 0.161. The van der Waals surface area contributed by atoms with Crippen molar-refractivity contribution >= 4 is 62.9 Å². The first-order chi connectivity index (χ1) is 20.7. The number of benzene rings is 2. The van der Waals surface area contributed by atoms with Crippen LogP contribution in [0.2, 0.25) is 10.0 Å². The number of ether oxygens (including phenoxy) is 2. The highest BCUT2D eigenvalue weighted by atomic mass is 35.5. The van der Waals surface area contributed by atoms with E-state index in [0.29, 0.717) is 62.4 Å². The quantitative estimate of drug-likeness (QED) is 0.142. The SMILES string of the molecule is C=CC(=O)Nc1cccc(C)c1Nc1cc2c(NCc3cnn(C)c3)nc(-c3c(Cl)c(OC)cc(OC)c3Cl)cc2cn1. The predicted octanol–water partition coefficient (Wildman–Crippen LogP) is 7.14. The lowest BCUT2D eigenvalue weighted by atomic mass is 10.1. The molecule has 3 heterocycles. The van der Waals surface area contributed by atoms with Crippen molar-refractivity contribution in [3.05, 3.63) is 88.8 Å². The lowest BCUT2D eigenvalue weighted by Gasteiger charge is -2.18. The zero-order chi connectivity index (χ0) is 30.7. The van der Waals surface area contributed by atoms with Gasteiger partial charge in [0.25, 0.3) is 0 Å². The molecule has 3 aromatic heterocycles. The van der Waals surface area contributed by atoms with Gasteiger partial charge in [-0.25, -0.2) is 9.97 Å². The first-order valence-electron chi connectivity index (χ1n) is 13.1. The van der Waals surface area contributed by atoms with Gasteiger partial charge in [-0.2, -0.15) is 5.10 Å². The minimum atomic E-state index is -0.315. The Bertz CT molecular complexity index is 1830. The molecule has 43 heavy (non-hydrogen) atoms. The maximum Gasteiger partial charge on any atom is 0.247 e. The Kier molecular flexibility index (Phi) is 8.70. The maximum absolute atomic E-state index is 12.1. The summed E-state index contributed by atoms with van der Waals surface area (Å²) in [6.07, 6.45) is 6.66. The molecule has 0 aliphatic rings. The first-order valence-corrected chi connectivity index (χ1v) is 13.9. The molecule has 0 aliphatic heterocycles. The molecule has 5 rings (SSSR count). The second-order valence-electron chi connectivity index (χ2n) is 9.62. The number of aryl methyl sites for hydroxylation is 2. The summed E-state index contributed by atoms with van der Waals surface area (Å²) in [5.41, 5.74) is 4.17. The van der Waals surface area contributed by atoms with Crippen LogP contribution >= 0.6 is 23.2 Å². The number of carbonyl (C=O) groups excluding carboxylic acids is 1. The van der Waals surface area contributed by atoms with E-state index in [4.69, 9.17) is 37.7 Å². The summed E-state index contributed by atoms with van der Waals surface area (Å²) in [5, 5.41) is 16.1. The molecule has 10 nitrogen and oxygen atoms in total. The van der Waals surface area contributed by atoms with Crippen LogP contribution in [0.4, 0.5) is 23.0 Å². The molecule has 0 aliphatic carbocycles. The zero-order valence-corrected chi connectivity index (χ0v) is 25.5. The summed E-state index contributed by atoms with van der Waals surface area (Å²) >= 11 is 13.5. The van der Waals surface area contributed by atoms with Gasteiger partial charge >= 0.3 is 0 Å². The molecule has 0 atom stereocenters. The van der Waals surface area contributed by atoms with Crippen LogP contribution < -0.4 is 25.4 Å². The van der Waals surface area contributed by atoms with E-state index in [1.54, 1.807) is 23.1 Å². The molecule has 5 aromatic rings. The highest BCUT2D eigenvalue weighted by Crippen LogP contribution is 2.46. The van der Waals surface area contributed by atoms with Gasteiger partial charge < -0.3 is 25.4 Å². The van der Waals surface area contributed by atoms with E-state index in [2.05, 4.69) is 32.6 Å². The van der Waals surface area contributed by atoms with Gasteiger partial charge in [-0.1, -0.05) is 41.9 Å². The predicted molar refractivity (Wildman–Crippen MR) is 172 cm³/mol. The summed E-state index contributed by atoms with van der Waals surface area (Å²) in [4.78, 5) is 21.7. The number of nitrogens with one attached hydrogen (secondary N) is 3. The van der Waals surface area contributed by atoms with Gasteiger partial charge in [-0.15, -0.1) is 0 Å². The van der Waals surface area contributed by atoms with E-state index in [0.717, 1.165) is 21.9 Å². The van der Waals surface area contributed by atoms with Crippen molar-refractivity contribution in [1.29, 1.82) is 0 Å². The third-order valence-corrected chi connectivity index (χ3v) is 7.48. The Morgan fingerprint density at radius 1 is 1.09 bits per heavy atom. The van der Waals surface area contributed by atoms with Crippen molar-refractivity contribution in [2.75, 3.05) is 30.2 Å². The molecular weight excluding hydrogens is 589 g/mol. The Morgan fingerprint density at radius 2 is 1.84 bits per heavy atom. The Labute approximate surface area is 258 Å². The van der Waals surface area contributed by atoms with Crippen LogP contribution in [0.1, 0.15) is 11.1 Å². The van der Waals surface area contributed by atoms with Gasteiger partial charge in [0, 0.05) is 54.0 Å². The van der Waals surface area contributed by atoms with Gasteiger partial charge in [0.05, 0.1) is 47.5 Å². The van der Waals surface area contributed by atoms with Crippen LogP contribution in [0.5, 0.6) is 11.5 Å². The average Bonchev–Trinajstić information content (AvgIpc) is 3.42. The third-order valence-electron chi connectivity index (χ3n) is 6.73. The number of pyridine rings is 2. The summed E-state index contributed by atoms with van der Waals surface area (Å²) in [5.74, 6) is 1.61. The Morgan fingerprint density at radius 3 is 2.49 bits per heavy atom. The molecule has 220 valence electrons. The second kappa shape index (κ2) is 12.6. The number of carbonyl (C=O) groups is 1. The molecule has 0 radical (unpaired) electrons. The van der Waals surface area contributed by atoms with Crippen molar-refractivity contribution < 1.29 is 14.3 Å². The van der Waals surface area contributed by atoms with Crippen molar-refractivity contribution in [3.63, 3.8) is 0 Å². The fourth-order valence-electron chi connectivity index (χ4n) is 4.59. The molecule has 0 spiro atoms. The molecule has 3 N–H and O–H groups in total. The van der Waals surface area contributed by atoms with E-state index in [1.807, 2.05) is 50.5 Å². The van der Waals surface area contributed by atoms with E-state index in [1.165, 1.54) is 20.3 Å². The molecular formula is C31H29Cl2N7O3. The monoisotopic (exact) mass is 617 g/mol. The van der Waals surface area contributed by atoms with E-state index in [-0.39, 0.29) is 5.91 Å². The summed E-state index contributed by atoms with van der Waals surface area (Å²) in [6.45, 7) is 5.95. The third kappa shape index (κ3) is 6.20. The minimum absolute atomic E-state index is 0.304. The van der Waals surface area contributed by atoms with E-state index < -0.39 is 0 Å². The number of nitrogens with zero attached hydrogens (tertiary/aromatic N) is 4. The summed E-state index contributed by atoms with van der Waals surface area (Å²) in [6, 6.07) is 11.0. The molecule has 0 bridgehead atoms. The van der Waals surface area contributed by atoms with Crippen molar-refractivity contribution in [2.24, 2.45) is 7.05 Å². The zero-order valence-electron chi connectivity index (χ0n) is 24.0. The first kappa shape index (κ1) is 29.7. The standard InChI is InChI=1S/C31H29Cl2N7O3/c1-6-26(41)37-21-9-7-8-17(2)30(21)39-25-11-20-19(15-34-25)10-22(38-31(20)35-13-18-14-36-40(3)16-18)27-28(32)23(42-4)12-24(43-5)29(27)33/h6-12,14-16H,1,13H2,2-5H3,(H,34,39)(H,35,38)(H,37,41). The fourth-order valence-corrected chi connectivity index (χ4v) is 5.28. The number of fused-ring (bicyclic) bond motifs is 1. The number of halogens is 2. The van der Waals surface area contributed by atoms with Crippen LogP contribution in [0.3, 0.4) is 0 Å². The highest BCUT2D eigenvalue weighted by molar-refractivity contribution is 6.41. The van der Waals surface area contributed by atoms with Gasteiger partial charge in [-0.05, 0) is 36.8 Å². The largest absolute Gasteiger partial charge is 0.495 e. The van der Waals surface area contributed by atoms with E-state index >= 15 is 0 Å². The highest BCUT2D eigenvalue weighted by Gasteiger charge is 2.21. The van der Waals surface area contributed by atoms with Crippen molar-refractivity contribution in [1.82, 2.24) is 19.7 Å². The molecule has 12 heteroatoms. The molecule has 0 unspecified atom stereocenters. The number of hydrogen-bond donors (Lipinski definition) is 3.